The SMILES string of the molecule is CC1(C)C2CC1[C@H]1OB(B3O[C@H]4C5CC(C[C@@]4(C)O3)C5(C)C)O[C@@]1(C)C2. The molecule has 0 spiro atoms. The number of rotatable bonds is 1. The lowest BCUT2D eigenvalue weighted by molar-refractivity contribution is -0.185. The maximum atomic E-state index is 6.52. The molecule has 142 valence electrons. The van der Waals surface area contributed by atoms with Gasteiger partial charge < -0.3 is 18.6 Å². The topological polar surface area (TPSA) is 36.9 Å². The molecule has 0 aromatic heterocycles. The maximum Gasteiger partial charge on any atom is 0.488 e. The van der Waals surface area contributed by atoms with Crippen molar-refractivity contribution in [1.29, 1.82) is 0 Å². The molecule has 4 unspecified atom stereocenters. The molecule has 8 rings (SSSR count). The van der Waals surface area contributed by atoms with E-state index < -0.39 is 0 Å². The zero-order chi connectivity index (χ0) is 18.3. The first-order chi connectivity index (χ1) is 12.0. The number of hydrogen-bond acceptors (Lipinski definition) is 4. The molecule has 8 fully saturated rings. The van der Waals surface area contributed by atoms with Crippen molar-refractivity contribution in [3.05, 3.63) is 0 Å². The van der Waals surface area contributed by atoms with Crippen LogP contribution in [-0.4, -0.2) is 37.4 Å². The van der Waals surface area contributed by atoms with Gasteiger partial charge in [-0.3, -0.25) is 0 Å². The molecule has 6 saturated carbocycles. The van der Waals surface area contributed by atoms with E-state index in [1.165, 1.54) is 12.8 Å². The summed E-state index contributed by atoms with van der Waals surface area (Å²) in [6.07, 6.45) is 5.13. The molecule has 2 saturated heterocycles. The van der Waals surface area contributed by atoms with Gasteiger partial charge in [-0.25, -0.2) is 0 Å². The van der Waals surface area contributed by atoms with Gasteiger partial charge in [0.1, 0.15) is 0 Å². The van der Waals surface area contributed by atoms with Gasteiger partial charge in [0.25, 0.3) is 0 Å². The normalized spacial score (nSPS) is 57.9. The minimum absolute atomic E-state index is 0.170. The van der Waals surface area contributed by atoms with Gasteiger partial charge in [0.2, 0.25) is 0 Å². The van der Waals surface area contributed by atoms with E-state index in [0.29, 0.717) is 22.7 Å². The Morgan fingerprint density at radius 3 is 1.38 bits per heavy atom. The Bertz CT molecular complexity index is 612. The van der Waals surface area contributed by atoms with Crippen LogP contribution in [0, 0.1) is 34.5 Å². The molecule has 4 nitrogen and oxygen atoms in total. The summed E-state index contributed by atoms with van der Waals surface area (Å²) < 4.78 is 26.1. The molecule has 2 aliphatic heterocycles. The molecule has 0 aromatic carbocycles. The highest BCUT2D eigenvalue weighted by Gasteiger charge is 2.72. The van der Waals surface area contributed by atoms with Gasteiger partial charge in [0, 0.05) is 0 Å². The fraction of sp³-hybridized carbons (Fsp3) is 1.00. The Balaban J connectivity index is 1.23. The number of hydrogen-bond donors (Lipinski definition) is 0. The molecule has 0 amide bonds. The Labute approximate surface area is 158 Å². The summed E-state index contributed by atoms with van der Waals surface area (Å²) in [6, 6.07) is 0. The first kappa shape index (κ1) is 16.9. The summed E-state index contributed by atoms with van der Waals surface area (Å²) in [4.78, 5) is 0. The van der Waals surface area contributed by atoms with Crippen LogP contribution in [0.5, 0.6) is 0 Å². The van der Waals surface area contributed by atoms with Gasteiger partial charge in [-0.2, -0.15) is 0 Å². The van der Waals surface area contributed by atoms with Gasteiger partial charge in [-0.1, -0.05) is 27.7 Å². The van der Waals surface area contributed by atoms with Crippen molar-refractivity contribution in [2.75, 3.05) is 0 Å². The molecular formula is C20H32B2O4. The van der Waals surface area contributed by atoms with E-state index in [9.17, 15) is 0 Å². The third-order valence-corrected chi connectivity index (χ3v) is 9.89. The molecule has 6 heteroatoms. The van der Waals surface area contributed by atoms with Crippen LogP contribution in [0.3, 0.4) is 0 Å². The highest BCUT2D eigenvalue weighted by molar-refractivity contribution is 7.11. The Morgan fingerprint density at radius 2 is 1.04 bits per heavy atom. The van der Waals surface area contributed by atoms with E-state index in [1.54, 1.807) is 0 Å². The second-order valence-corrected chi connectivity index (χ2v) is 11.8. The largest absolute Gasteiger partial charge is 0.488 e. The van der Waals surface area contributed by atoms with E-state index in [0.717, 1.165) is 24.7 Å². The summed E-state index contributed by atoms with van der Waals surface area (Å²) in [5, 5.41) is 0. The fourth-order valence-corrected chi connectivity index (χ4v) is 7.72. The Hall–Kier alpha value is -0.0301. The highest BCUT2D eigenvalue weighted by atomic mass is 16.7. The van der Waals surface area contributed by atoms with Crippen molar-refractivity contribution in [1.82, 2.24) is 0 Å². The zero-order valence-electron chi connectivity index (χ0n) is 17.1. The van der Waals surface area contributed by atoms with E-state index in [2.05, 4.69) is 41.5 Å². The summed E-state index contributed by atoms with van der Waals surface area (Å²) in [7, 11) is -0.745. The molecular weight excluding hydrogens is 326 g/mol. The first-order valence-electron chi connectivity index (χ1n) is 10.7. The van der Waals surface area contributed by atoms with Crippen molar-refractivity contribution < 1.29 is 18.6 Å². The molecule has 2 heterocycles. The predicted octanol–water partition coefficient (Wildman–Crippen LogP) is 3.52. The zero-order valence-corrected chi connectivity index (χ0v) is 17.1. The van der Waals surface area contributed by atoms with Crippen LogP contribution in [0.25, 0.3) is 0 Å². The lowest BCUT2D eigenvalue weighted by Gasteiger charge is -2.63. The van der Waals surface area contributed by atoms with E-state index in [1.807, 2.05) is 0 Å². The molecule has 8 aliphatic rings. The van der Waals surface area contributed by atoms with Crippen molar-refractivity contribution >= 4 is 14.0 Å². The summed E-state index contributed by atoms with van der Waals surface area (Å²) >= 11 is 0. The molecule has 8 atom stereocenters. The van der Waals surface area contributed by atoms with Crippen LogP contribution in [-0.2, 0) is 18.6 Å². The van der Waals surface area contributed by atoms with Gasteiger partial charge in [0.05, 0.1) is 23.4 Å². The maximum absolute atomic E-state index is 6.52. The van der Waals surface area contributed by atoms with Crippen LogP contribution in [0.15, 0.2) is 0 Å². The fourth-order valence-electron chi connectivity index (χ4n) is 7.72. The third kappa shape index (κ3) is 1.79. The summed E-state index contributed by atoms with van der Waals surface area (Å²) in [5.74, 6) is 2.72. The second-order valence-electron chi connectivity index (χ2n) is 11.8. The Morgan fingerprint density at radius 1 is 0.654 bits per heavy atom. The van der Waals surface area contributed by atoms with Gasteiger partial charge in [0.15, 0.2) is 0 Å². The van der Waals surface area contributed by atoms with Crippen molar-refractivity contribution in [3.8, 4) is 0 Å². The van der Waals surface area contributed by atoms with E-state index in [-0.39, 0.29) is 37.4 Å². The highest BCUT2D eigenvalue weighted by Crippen LogP contribution is 2.66. The van der Waals surface area contributed by atoms with Crippen molar-refractivity contribution in [2.45, 2.75) is 90.6 Å². The minimum Gasteiger partial charge on any atom is -0.407 e. The average molecular weight is 358 g/mol. The van der Waals surface area contributed by atoms with Crippen molar-refractivity contribution in [2.24, 2.45) is 34.5 Å². The summed E-state index contributed by atoms with van der Waals surface area (Å²) in [6.45, 7) is 14.1. The lowest BCUT2D eigenvalue weighted by Crippen LogP contribution is -2.63. The van der Waals surface area contributed by atoms with Gasteiger partial charge in [-0.05, 0) is 74.0 Å². The molecule has 26 heavy (non-hydrogen) atoms. The quantitative estimate of drug-likeness (QED) is 0.673. The molecule has 6 aliphatic carbocycles. The van der Waals surface area contributed by atoms with Crippen LogP contribution < -0.4 is 0 Å². The van der Waals surface area contributed by atoms with Crippen LogP contribution in [0.1, 0.15) is 67.2 Å². The minimum atomic E-state index is -0.372. The second kappa shape index (κ2) is 4.58. The lowest BCUT2D eigenvalue weighted by atomic mass is 9.45. The average Bonchev–Trinajstić information content (AvgIpc) is 3.10. The summed E-state index contributed by atoms with van der Waals surface area (Å²) in [5.41, 5.74) is 0.420. The van der Waals surface area contributed by atoms with Gasteiger partial charge >= 0.3 is 14.0 Å². The van der Waals surface area contributed by atoms with E-state index in [4.69, 9.17) is 18.6 Å². The van der Waals surface area contributed by atoms with Gasteiger partial charge in [-0.15, -0.1) is 0 Å². The van der Waals surface area contributed by atoms with Crippen LogP contribution in [0.4, 0.5) is 0 Å². The molecule has 0 N–H and O–H groups in total. The monoisotopic (exact) mass is 358 g/mol. The molecule has 0 aromatic rings. The smallest absolute Gasteiger partial charge is 0.407 e. The van der Waals surface area contributed by atoms with E-state index >= 15 is 0 Å². The first-order valence-corrected chi connectivity index (χ1v) is 10.7. The standard InChI is InChI=1S/C20H32B2O4/c1-17(2)11-7-13(17)15-19(5,9-11)25-21(23-15)22-24-16-14-8-12(18(14,3)4)10-20(16,6)26-22/h11-16H,7-10H2,1-6H3/t11?,12?,13?,14?,15-,16+,19+,20-. The van der Waals surface area contributed by atoms with Crippen molar-refractivity contribution in [3.63, 3.8) is 0 Å². The molecule has 0 radical (unpaired) electrons. The third-order valence-electron chi connectivity index (χ3n) is 9.89. The predicted molar refractivity (Wildman–Crippen MR) is 100 cm³/mol. The Kier molecular flexibility index (Phi) is 2.97. The van der Waals surface area contributed by atoms with Crippen LogP contribution >= 0.6 is 0 Å². The molecule has 4 bridgehead atoms. The van der Waals surface area contributed by atoms with Crippen LogP contribution in [0.2, 0.25) is 0 Å².